The van der Waals surface area contributed by atoms with Crippen molar-refractivity contribution in [2.75, 3.05) is 19.7 Å². The average Bonchev–Trinajstić information content (AvgIpc) is 3.49. The molecule has 0 aliphatic carbocycles. The van der Waals surface area contributed by atoms with Crippen LogP contribution in [0.15, 0.2) is 30.3 Å². The number of aliphatic hydroxyl groups is 1. The van der Waals surface area contributed by atoms with Crippen molar-refractivity contribution in [2.45, 2.75) is 74.5 Å². The van der Waals surface area contributed by atoms with Crippen molar-refractivity contribution in [3.8, 4) is 0 Å². The molecule has 186 valence electrons. The summed E-state index contributed by atoms with van der Waals surface area (Å²) >= 11 is 1.70. The van der Waals surface area contributed by atoms with E-state index >= 15 is 0 Å². The summed E-state index contributed by atoms with van der Waals surface area (Å²) in [5.41, 5.74) is 1.02. The van der Waals surface area contributed by atoms with Gasteiger partial charge in [0, 0.05) is 31.5 Å². The fourth-order valence-corrected chi connectivity index (χ4v) is 8.19. The number of hydrogen-bond acceptors (Lipinski definition) is 5. The van der Waals surface area contributed by atoms with Gasteiger partial charge in [0.25, 0.3) is 0 Å². The van der Waals surface area contributed by atoms with Gasteiger partial charge in [-0.3, -0.25) is 14.4 Å². The number of benzene rings is 1. The maximum Gasteiger partial charge on any atom is 0.244 e. The molecule has 1 aromatic rings. The molecule has 7 nitrogen and oxygen atoms in total. The van der Waals surface area contributed by atoms with Crippen molar-refractivity contribution in [2.24, 2.45) is 11.8 Å². The zero-order valence-corrected chi connectivity index (χ0v) is 20.8. The molecule has 1 spiro atoms. The van der Waals surface area contributed by atoms with Crippen LogP contribution in [-0.4, -0.2) is 63.5 Å². The first-order valence-corrected chi connectivity index (χ1v) is 13.6. The fourth-order valence-electron chi connectivity index (χ4n) is 5.97. The summed E-state index contributed by atoms with van der Waals surface area (Å²) in [5.74, 6) is -1.11. The van der Waals surface area contributed by atoms with Crippen molar-refractivity contribution < 1.29 is 19.5 Å². The number of unbranched alkanes of at least 4 members (excludes halogenated alkanes) is 3. The van der Waals surface area contributed by atoms with Crippen LogP contribution in [0.1, 0.15) is 57.4 Å². The third-order valence-corrected chi connectivity index (χ3v) is 9.50. The minimum absolute atomic E-state index is 0.0613. The molecule has 8 heteroatoms. The van der Waals surface area contributed by atoms with Crippen molar-refractivity contribution in [3.05, 3.63) is 35.9 Å². The van der Waals surface area contributed by atoms with E-state index in [0.717, 1.165) is 37.7 Å². The van der Waals surface area contributed by atoms with Gasteiger partial charge in [-0.1, -0.05) is 50.1 Å². The highest BCUT2D eigenvalue weighted by molar-refractivity contribution is 8.02. The van der Waals surface area contributed by atoms with E-state index < -0.39 is 22.6 Å². The topological polar surface area (TPSA) is 98.7 Å². The van der Waals surface area contributed by atoms with Gasteiger partial charge in [-0.05, 0) is 37.7 Å². The summed E-state index contributed by atoms with van der Waals surface area (Å²) < 4.78 is -0.537. The summed E-state index contributed by atoms with van der Waals surface area (Å²) in [6.45, 7) is 3.67. The second kappa shape index (κ2) is 11.1. The van der Waals surface area contributed by atoms with Crippen LogP contribution in [0.2, 0.25) is 0 Å². The van der Waals surface area contributed by atoms with Gasteiger partial charge in [0.1, 0.15) is 6.04 Å². The van der Waals surface area contributed by atoms with E-state index in [1.54, 1.807) is 16.7 Å². The Hall–Kier alpha value is -2.06. The fraction of sp³-hybridized carbons (Fsp3) is 0.654. The van der Waals surface area contributed by atoms with E-state index in [2.05, 4.69) is 17.6 Å². The third kappa shape index (κ3) is 4.71. The lowest BCUT2D eigenvalue weighted by Crippen LogP contribution is -2.54. The van der Waals surface area contributed by atoms with Crippen LogP contribution < -0.4 is 10.6 Å². The predicted molar refractivity (Wildman–Crippen MR) is 133 cm³/mol. The first-order chi connectivity index (χ1) is 16.5. The van der Waals surface area contributed by atoms with E-state index in [1.807, 2.05) is 30.3 Å². The van der Waals surface area contributed by atoms with Gasteiger partial charge in [0.2, 0.25) is 17.7 Å². The van der Waals surface area contributed by atoms with Crippen LogP contribution in [0.3, 0.4) is 0 Å². The van der Waals surface area contributed by atoms with Crippen LogP contribution in [0.4, 0.5) is 0 Å². The summed E-state index contributed by atoms with van der Waals surface area (Å²) in [5, 5.41) is 15.5. The monoisotopic (exact) mass is 487 g/mol. The Morgan fingerprint density at radius 2 is 1.91 bits per heavy atom. The number of carbonyl (C=O) groups is 3. The number of fused-ring (bicyclic) bond motifs is 1. The van der Waals surface area contributed by atoms with Crippen LogP contribution in [0.5, 0.6) is 0 Å². The molecule has 3 N–H and O–H groups in total. The number of carbonyl (C=O) groups excluding carboxylic acids is 3. The Morgan fingerprint density at radius 1 is 1.12 bits per heavy atom. The van der Waals surface area contributed by atoms with Crippen LogP contribution in [-0.2, 0) is 20.9 Å². The highest BCUT2D eigenvalue weighted by Gasteiger charge is 2.73. The Balaban J connectivity index is 1.53. The Morgan fingerprint density at radius 3 is 2.65 bits per heavy atom. The van der Waals surface area contributed by atoms with Crippen LogP contribution >= 0.6 is 11.8 Å². The van der Waals surface area contributed by atoms with E-state index in [1.165, 1.54) is 0 Å². The lowest BCUT2D eigenvalue weighted by Gasteiger charge is -2.34. The zero-order chi connectivity index (χ0) is 24.1. The van der Waals surface area contributed by atoms with Crippen molar-refractivity contribution in [1.29, 1.82) is 0 Å². The minimum atomic E-state index is -0.549. The molecular formula is C26H37N3O4S. The Labute approximate surface area is 206 Å². The maximum absolute atomic E-state index is 13.7. The molecule has 2 unspecified atom stereocenters. The van der Waals surface area contributed by atoms with E-state index in [9.17, 15) is 19.5 Å². The number of aliphatic hydroxyl groups excluding tert-OH is 1. The van der Waals surface area contributed by atoms with Gasteiger partial charge >= 0.3 is 0 Å². The third-order valence-electron chi connectivity index (χ3n) is 7.55. The maximum atomic E-state index is 13.7. The summed E-state index contributed by atoms with van der Waals surface area (Å²) in [4.78, 5) is 42.3. The first-order valence-electron chi connectivity index (χ1n) is 12.7. The Kier molecular flexibility index (Phi) is 8.19. The van der Waals surface area contributed by atoms with Crippen molar-refractivity contribution in [3.63, 3.8) is 0 Å². The molecule has 3 aliphatic rings. The van der Waals surface area contributed by atoms with Gasteiger partial charge in [0.15, 0.2) is 0 Å². The van der Waals surface area contributed by atoms with Gasteiger partial charge in [-0.25, -0.2) is 0 Å². The quantitative estimate of drug-likeness (QED) is 0.394. The molecule has 3 aliphatic heterocycles. The summed E-state index contributed by atoms with van der Waals surface area (Å²) in [6, 6.07) is 9.22. The summed E-state index contributed by atoms with van der Waals surface area (Å²) in [7, 11) is 0. The lowest BCUT2D eigenvalue weighted by molar-refractivity contribution is -0.140. The molecule has 0 saturated carbocycles. The highest BCUT2D eigenvalue weighted by atomic mass is 32.2. The van der Waals surface area contributed by atoms with E-state index in [-0.39, 0.29) is 29.6 Å². The molecule has 1 aromatic carbocycles. The lowest BCUT2D eigenvalue weighted by atomic mass is 9.70. The van der Waals surface area contributed by atoms with Crippen LogP contribution in [0, 0.1) is 11.8 Å². The second-order valence-corrected chi connectivity index (χ2v) is 11.3. The molecule has 5 atom stereocenters. The molecule has 4 rings (SSSR count). The SMILES string of the molecule is CCCCCNC(=O)C1N(CCCCO)C(=O)[C@@H]2[C@@H](C(=O)NCc3ccccc3)[C@H]3CCC12S3. The van der Waals surface area contributed by atoms with Crippen molar-refractivity contribution >= 4 is 29.5 Å². The molecule has 0 radical (unpaired) electrons. The Bertz CT molecular complexity index is 882. The molecule has 34 heavy (non-hydrogen) atoms. The molecule has 3 fully saturated rings. The van der Waals surface area contributed by atoms with Crippen LogP contribution in [0.25, 0.3) is 0 Å². The highest BCUT2D eigenvalue weighted by Crippen LogP contribution is 2.66. The normalized spacial score (nSPS) is 29.4. The first kappa shape index (κ1) is 25.0. The smallest absolute Gasteiger partial charge is 0.244 e. The zero-order valence-electron chi connectivity index (χ0n) is 20.0. The number of hydrogen-bond donors (Lipinski definition) is 3. The second-order valence-electron chi connectivity index (χ2n) is 9.72. The van der Waals surface area contributed by atoms with Gasteiger partial charge in [-0.2, -0.15) is 0 Å². The van der Waals surface area contributed by atoms with Gasteiger partial charge < -0.3 is 20.6 Å². The molecule has 0 aromatic heterocycles. The summed E-state index contributed by atoms with van der Waals surface area (Å²) in [6.07, 6.45) is 5.91. The number of amides is 3. The molecule has 3 saturated heterocycles. The number of nitrogens with zero attached hydrogens (tertiary/aromatic N) is 1. The largest absolute Gasteiger partial charge is 0.396 e. The predicted octanol–water partition coefficient (Wildman–Crippen LogP) is 2.47. The average molecular weight is 488 g/mol. The number of nitrogens with one attached hydrogen (secondary N) is 2. The number of rotatable bonds is 12. The molecule has 2 bridgehead atoms. The number of likely N-dealkylation sites (tertiary alicyclic amines) is 1. The molecule has 3 heterocycles. The number of thioether (sulfide) groups is 1. The van der Waals surface area contributed by atoms with Crippen molar-refractivity contribution in [1.82, 2.24) is 15.5 Å². The molecule has 3 amide bonds. The molecular weight excluding hydrogens is 450 g/mol. The minimum Gasteiger partial charge on any atom is -0.396 e. The van der Waals surface area contributed by atoms with E-state index in [0.29, 0.717) is 32.5 Å². The van der Waals surface area contributed by atoms with Gasteiger partial charge in [-0.15, -0.1) is 11.8 Å². The van der Waals surface area contributed by atoms with E-state index in [4.69, 9.17) is 0 Å². The van der Waals surface area contributed by atoms with Gasteiger partial charge in [0.05, 0.1) is 16.6 Å². The standard InChI is InChI=1S/C26H37N3O4S/c1-2-3-7-14-27-24(32)22-26-13-12-19(34-26)20(21(26)25(33)29(22)15-8-9-16-30)23(31)28-17-18-10-5-4-6-11-18/h4-6,10-11,19-22,30H,2-3,7-9,12-17H2,1H3,(H,27,32)(H,28,31)/t19-,20+,21+,22?,26?/m1/s1.